The Labute approximate surface area is 251 Å². The maximum absolute atomic E-state index is 13.8. The van der Waals surface area contributed by atoms with Gasteiger partial charge in [0.25, 0.3) is 0 Å². The van der Waals surface area contributed by atoms with Crippen molar-refractivity contribution in [3.63, 3.8) is 0 Å². The number of morpholine rings is 1. The summed E-state index contributed by atoms with van der Waals surface area (Å²) in [4.78, 5) is 54.9. The molecular formula is C30H42ClN5O6. The van der Waals surface area contributed by atoms with Gasteiger partial charge < -0.3 is 30.8 Å². The molecule has 4 N–H and O–H groups in total. The summed E-state index contributed by atoms with van der Waals surface area (Å²) in [5.74, 6) is -1.14. The number of amides is 3. The molecule has 0 bridgehead atoms. The molecule has 1 saturated carbocycles. The van der Waals surface area contributed by atoms with Gasteiger partial charge in [0.2, 0.25) is 17.7 Å². The number of carbonyl (C=O) groups is 4. The first-order chi connectivity index (χ1) is 20.1. The maximum atomic E-state index is 13.8. The molecule has 4 rings (SSSR count). The lowest BCUT2D eigenvalue weighted by Gasteiger charge is -2.27. The lowest BCUT2D eigenvalue weighted by molar-refractivity contribution is -0.134. The second-order valence-electron chi connectivity index (χ2n) is 11.8. The molecule has 1 aromatic carbocycles. The van der Waals surface area contributed by atoms with E-state index in [-0.39, 0.29) is 24.7 Å². The monoisotopic (exact) mass is 603 g/mol. The van der Waals surface area contributed by atoms with Gasteiger partial charge in [0.1, 0.15) is 17.7 Å². The zero-order valence-electron chi connectivity index (χ0n) is 24.4. The third-order valence-corrected chi connectivity index (χ3v) is 8.65. The van der Waals surface area contributed by atoms with Gasteiger partial charge in [-0.15, -0.1) is 0 Å². The Hall–Kier alpha value is -2.86. The number of ketones is 1. The second-order valence-corrected chi connectivity index (χ2v) is 12.2. The lowest BCUT2D eigenvalue weighted by Crippen LogP contribution is -2.57. The average molecular weight is 604 g/mol. The normalized spacial score (nSPS) is 22.9. The molecule has 0 spiro atoms. The Morgan fingerprint density at radius 3 is 2.40 bits per heavy atom. The minimum Gasteiger partial charge on any atom is -0.379 e. The zero-order valence-corrected chi connectivity index (χ0v) is 25.1. The Balaban J connectivity index is 1.46. The summed E-state index contributed by atoms with van der Waals surface area (Å²) in [6.07, 6.45) is 5.98. The third kappa shape index (κ3) is 8.82. The number of hydrogen-bond acceptors (Lipinski definition) is 8. The highest BCUT2D eigenvalue weighted by atomic mass is 35.5. The molecule has 230 valence electrons. The van der Waals surface area contributed by atoms with Gasteiger partial charge in [-0.1, -0.05) is 43.4 Å². The number of rotatable bonds is 14. The summed E-state index contributed by atoms with van der Waals surface area (Å²) in [5, 5.41) is 16.5. The molecule has 2 heterocycles. The summed E-state index contributed by atoms with van der Waals surface area (Å²) in [6, 6.07) is 2.39. The van der Waals surface area contributed by atoms with Crippen molar-refractivity contribution in [1.29, 1.82) is 5.41 Å². The van der Waals surface area contributed by atoms with Crippen molar-refractivity contribution in [2.24, 2.45) is 5.92 Å². The number of carbonyl (C=O) groups excluding carboxylic acids is 4. The van der Waals surface area contributed by atoms with E-state index in [2.05, 4.69) is 16.0 Å². The number of nitrogens with zero attached hydrogens (tertiary/aromatic N) is 1. The zero-order chi connectivity index (χ0) is 30.3. The Morgan fingerprint density at radius 2 is 1.76 bits per heavy atom. The van der Waals surface area contributed by atoms with E-state index in [1.165, 1.54) is 0 Å². The Morgan fingerprint density at radius 1 is 1.10 bits per heavy atom. The minimum absolute atomic E-state index is 0.0993. The van der Waals surface area contributed by atoms with Gasteiger partial charge >= 0.3 is 0 Å². The predicted octanol–water partition coefficient (Wildman–Crippen LogP) is 1.62. The van der Waals surface area contributed by atoms with Crippen molar-refractivity contribution < 1.29 is 28.7 Å². The molecule has 0 radical (unpaired) electrons. The molecule has 12 heteroatoms. The van der Waals surface area contributed by atoms with Gasteiger partial charge in [0.15, 0.2) is 5.78 Å². The third-order valence-electron chi connectivity index (χ3n) is 8.31. The van der Waals surface area contributed by atoms with Crippen LogP contribution in [-0.2, 0) is 35.1 Å². The van der Waals surface area contributed by atoms with Crippen molar-refractivity contribution in [3.05, 3.63) is 34.3 Å². The number of nitrogens with one attached hydrogen (secondary N) is 4. The van der Waals surface area contributed by atoms with Gasteiger partial charge in [-0.25, -0.2) is 0 Å². The van der Waals surface area contributed by atoms with E-state index in [0.717, 1.165) is 31.9 Å². The van der Waals surface area contributed by atoms with E-state index in [1.54, 1.807) is 32.0 Å². The molecule has 11 nitrogen and oxygen atoms in total. The topological polar surface area (TPSA) is 153 Å². The Kier molecular flexibility index (Phi) is 11.1. The SMILES string of the molecule is CC(NC(=O)CN1CCOCC1)C(=O)NC(Cc1ccc(Cl)c(C=N)c1)C(=O)NC(CC1CCCC1)C(=O)C1(C)CO1. The highest BCUT2D eigenvalue weighted by molar-refractivity contribution is 6.33. The molecule has 2 saturated heterocycles. The van der Waals surface area contributed by atoms with Crippen molar-refractivity contribution in [2.75, 3.05) is 39.5 Å². The molecule has 1 aromatic rings. The smallest absolute Gasteiger partial charge is 0.243 e. The van der Waals surface area contributed by atoms with Crippen LogP contribution in [0.4, 0.5) is 0 Å². The van der Waals surface area contributed by atoms with Gasteiger partial charge in [-0.3, -0.25) is 24.1 Å². The fraction of sp³-hybridized carbons (Fsp3) is 0.633. The van der Waals surface area contributed by atoms with E-state index in [1.807, 2.05) is 4.90 Å². The standard InChI is InChI=1S/C30H42ClN5O6/c1-19(33-26(37)17-36-9-11-41-12-10-36)28(39)35-25(15-21-7-8-23(31)22(13-21)16-32)29(40)34-24(14-20-5-3-4-6-20)27(38)30(2)18-42-30/h7-8,13,16,19-20,24-25,32H,3-6,9-12,14-15,17-18H2,1-2H3,(H,33,37)(H,34,40)(H,35,39). The van der Waals surface area contributed by atoms with E-state index >= 15 is 0 Å². The molecule has 4 unspecified atom stereocenters. The number of epoxide rings is 1. The largest absolute Gasteiger partial charge is 0.379 e. The van der Waals surface area contributed by atoms with Gasteiger partial charge in [0, 0.05) is 36.3 Å². The fourth-order valence-corrected chi connectivity index (χ4v) is 5.76. The molecule has 42 heavy (non-hydrogen) atoms. The van der Waals surface area contributed by atoms with Crippen LogP contribution in [0, 0.1) is 11.3 Å². The van der Waals surface area contributed by atoms with Crippen LogP contribution < -0.4 is 16.0 Å². The second kappa shape index (κ2) is 14.5. The first-order valence-electron chi connectivity index (χ1n) is 14.8. The molecule has 3 fully saturated rings. The van der Waals surface area contributed by atoms with Gasteiger partial charge in [-0.05, 0) is 43.9 Å². The highest BCUT2D eigenvalue weighted by Gasteiger charge is 2.50. The van der Waals surface area contributed by atoms with Crippen molar-refractivity contribution in [1.82, 2.24) is 20.9 Å². The predicted molar refractivity (Wildman–Crippen MR) is 158 cm³/mol. The quantitative estimate of drug-likeness (QED) is 0.186. The summed E-state index contributed by atoms with van der Waals surface area (Å²) < 4.78 is 10.7. The molecular weight excluding hydrogens is 562 g/mol. The Bertz CT molecular complexity index is 1160. The number of Topliss-reactive ketones (excluding diaryl/α,β-unsaturated/α-hetero) is 1. The van der Waals surface area contributed by atoms with E-state index in [0.29, 0.717) is 61.4 Å². The van der Waals surface area contributed by atoms with Crippen molar-refractivity contribution in [2.45, 2.75) is 76.1 Å². The maximum Gasteiger partial charge on any atom is 0.243 e. The van der Waals surface area contributed by atoms with Crippen LogP contribution in [0.2, 0.25) is 5.02 Å². The molecule has 2 aliphatic heterocycles. The summed E-state index contributed by atoms with van der Waals surface area (Å²) >= 11 is 6.17. The van der Waals surface area contributed by atoms with Crippen LogP contribution in [-0.4, -0.2) is 97.8 Å². The molecule has 3 aliphatic rings. The van der Waals surface area contributed by atoms with Crippen LogP contribution in [0.15, 0.2) is 18.2 Å². The minimum atomic E-state index is -1.04. The van der Waals surface area contributed by atoms with Crippen molar-refractivity contribution >= 4 is 41.3 Å². The first-order valence-corrected chi connectivity index (χ1v) is 15.1. The number of ether oxygens (including phenoxy) is 2. The summed E-state index contributed by atoms with van der Waals surface area (Å²) in [6.45, 7) is 6.15. The molecule has 3 amide bonds. The summed E-state index contributed by atoms with van der Waals surface area (Å²) in [7, 11) is 0. The lowest BCUT2D eigenvalue weighted by atomic mass is 9.90. The highest BCUT2D eigenvalue weighted by Crippen LogP contribution is 2.33. The van der Waals surface area contributed by atoms with Crippen LogP contribution in [0.1, 0.15) is 57.1 Å². The fourth-order valence-electron chi connectivity index (χ4n) is 5.59. The van der Waals surface area contributed by atoms with Crippen LogP contribution in [0.25, 0.3) is 0 Å². The first kappa shape index (κ1) is 32.1. The van der Waals surface area contributed by atoms with Crippen LogP contribution >= 0.6 is 11.6 Å². The number of halogens is 1. The molecule has 1 aliphatic carbocycles. The number of benzene rings is 1. The molecule has 0 aromatic heterocycles. The van der Waals surface area contributed by atoms with Gasteiger partial charge in [0.05, 0.1) is 32.4 Å². The van der Waals surface area contributed by atoms with E-state index < -0.39 is 35.5 Å². The van der Waals surface area contributed by atoms with Gasteiger partial charge in [-0.2, -0.15) is 0 Å². The number of hydrogen-bond donors (Lipinski definition) is 4. The van der Waals surface area contributed by atoms with Crippen LogP contribution in [0.3, 0.4) is 0 Å². The average Bonchev–Trinajstić information content (AvgIpc) is 3.51. The van der Waals surface area contributed by atoms with Crippen LogP contribution in [0.5, 0.6) is 0 Å². The van der Waals surface area contributed by atoms with E-state index in [4.69, 9.17) is 26.5 Å². The summed E-state index contributed by atoms with van der Waals surface area (Å²) in [5.41, 5.74) is 0.263. The van der Waals surface area contributed by atoms with E-state index in [9.17, 15) is 19.2 Å². The van der Waals surface area contributed by atoms with Crippen molar-refractivity contribution in [3.8, 4) is 0 Å². The molecule has 4 atom stereocenters.